The molecule has 4 aromatic carbocycles. The van der Waals surface area contributed by atoms with Gasteiger partial charge in [-0.2, -0.15) is 10.1 Å². The molecule has 5 aliphatic rings. The standard InChI is InChI=1S/C56H62BrN12O5P/c1-64-34-38(30-59-64)42-28-46(61-56-58-31-44(57)52(63-56)60-45-13-10-37(26-50(45)75(3)4)36-8-6-5-7-9-36)49(74-2)29-48(42)67-20-17-39(18-21-67)66-24-22-65(23-25-66)32-35-16-19-68(33-35)40-11-12-41-43(27-40)55(73)69(54(41)72)47-14-15-51(70)62-53(47)71/h5-13,26-31,34-35,39,47H,14-25,32-33H2,1-4H3,(H,62,70,71)(H2,58,60,61,63). The van der Waals surface area contributed by atoms with Gasteiger partial charge in [0.2, 0.25) is 17.8 Å². The summed E-state index contributed by atoms with van der Waals surface area (Å²) in [5.74, 6) is 0.343. The van der Waals surface area contributed by atoms with Gasteiger partial charge in [-0.1, -0.05) is 44.3 Å². The molecule has 19 heteroatoms. The fraction of sp³-hybridized carbons (Fsp3) is 0.375. The number of benzene rings is 4. The zero-order valence-electron chi connectivity index (χ0n) is 42.8. The summed E-state index contributed by atoms with van der Waals surface area (Å²) in [6, 6.07) is 26.3. The average molecular weight is 1090 g/mol. The number of ether oxygens (including phenoxy) is 1. The van der Waals surface area contributed by atoms with Crippen molar-refractivity contribution in [3.63, 3.8) is 0 Å². The largest absolute Gasteiger partial charge is 0.494 e. The Morgan fingerprint density at radius 3 is 2.27 bits per heavy atom. The van der Waals surface area contributed by atoms with Crippen molar-refractivity contribution in [3.05, 3.63) is 113 Å². The van der Waals surface area contributed by atoms with Crippen molar-refractivity contribution in [1.29, 1.82) is 0 Å². The fourth-order valence-electron chi connectivity index (χ4n) is 11.5. The van der Waals surface area contributed by atoms with E-state index in [0.717, 1.165) is 121 Å². The van der Waals surface area contributed by atoms with Crippen LogP contribution in [0.1, 0.15) is 52.8 Å². The third kappa shape index (κ3) is 10.5. The third-order valence-corrected chi connectivity index (χ3v) is 17.4. The van der Waals surface area contributed by atoms with Crippen LogP contribution in [0.5, 0.6) is 5.75 Å². The van der Waals surface area contributed by atoms with Crippen molar-refractivity contribution in [2.45, 2.75) is 44.2 Å². The lowest BCUT2D eigenvalue weighted by molar-refractivity contribution is -0.136. The first-order chi connectivity index (χ1) is 36.4. The number of methoxy groups -OCH3 is 1. The summed E-state index contributed by atoms with van der Waals surface area (Å²) >= 11 is 3.71. The van der Waals surface area contributed by atoms with Gasteiger partial charge in [0.1, 0.15) is 17.6 Å². The van der Waals surface area contributed by atoms with E-state index in [2.05, 4.69) is 136 Å². The summed E-state index contributed by atoms with van der Waals surface area (Å²) in [5.41, 5.74) is 8.86. The van der Waals surface area contributed by atoms with Crippen molar-refractivity contribution in [2.24, 2.45) is 13.0 Å². The Balaban J connectivity index is 0.708. The van der Waals surface area contributed by atoms with Gasteiger partial charge < -0.3 is 30.1 Å². The lowest BCUT2D eigenvalue weighted by atomic mass is 9.98. The second-order valence-electron chi connectivity index (χ2n) is 20.4. The molecule has 0 radical (unpaired) electrons. The van der Waals surface area contributed by atoms with E-state index in [1.165, 1.54) is 16.4 Å². The number of aryl methyl sites for hydroxylation is 1. The predicted molar refractivity (Wildman–Crippen MR) is 298 cm³/mol. The lowest BCUT2D eigenvalue weighted by Gasteiger charge is -2.44. The van der Waals surface area contributed by atoms with Gasteiger partial charge in [-0.05, 0) is 114 Å². The maximum atomic E-state index is 13.5. The molecule has 0 bridgehead atoms. The van der Waals surface area contributed by atoms with Crippen LogP contribution in [0.3, 0.4) is 0 Å². The molecule has 5 aliphatic heterocycles. The highest BCUT2D eigenvalue weighted by Gasteiger charge is 2.45. The van der Waals surface area contributed by atoms with Crippen molar-refractivity contribution in [3.8, 4) is 28.0 Å². The maximum absolute atomic E-state index is 13.5. The van der Waals surface area contributed by atoms with Crippen LogP contribution >= 0.6 is 23.9 Å². The van der Waals surface area contributed by atoms with E-state index in [4.69, 9.17) is 9.72 Å². The summed E-state index contributed by atoms with van der Waals surface area (Å²) in [6.07, 6.45) is 9.14. The van der Waals surface area contributed by atoms with Gasteiger partial charge in [-0.25, -0.2) is 4.98 Å². The highest BCUT2D eigenvalue weighted by atomic mass is 79.9. The minimum absolute atomic E-state index is 0.0958. The minimum atomic E-state index is -0.971. The number of piperidine rings is 2. The molecule has 11 rings (SSSR count). The fourth-order valence-corrected chi connectivity index (χ4v) is 12.8. The number of anilines is 6. The number of carbonyl (C=O) groups is 4. The Hall–Kier alpha value is -6.72. The number of carbonyl (C=O) groups excluding carboxylic acids is 4. The van der Waals surface area contributed by atoms with Crippen molar-refractivity contribution >= 4 is 87.3 Å². The molecule has 4 amide bonds. The van der Waals surface area contributed by atoms with Crippen LogP contribution in [-0.2, 0) is 16.6 Å². The zero-order valence-corrected chi connectivity index (χ0v) is 45.2. The number of rotatable bonds is 14. The van der Waals surface area contributed by atoms with Crippen LogP contribution in [-0.4, -0.2) is 150 Å². The second kappa shape index (κ2) is 21.5. The lowest BCUT2D eigenvalue weighted by Crippen LogP contribution is -2.54. The molecule has 0 saturated carbocycles. The van der Waals surface area contributed by atoms with Gasteiger partial charge in [0.05, 0.1) is 34.6 Å². The molecule has 0 spiro atoms. The highest BCUT2D eigenvalue weighted by Crippen LogP contribution is 2.42. The number of fused-ring (bicyclic) bond motifs is 1. The van der Waals surface area contributed by atoms with Gasteiger partial charge in [0, 0.05) is 125 Å². The summed E-state index contributed by atoms with van der Waals surface area (Å²) in [5, 5.41) is 15.2. The minimum Gasteiger partial charge on any atom is -0.494 e. The van der Waals surface area contributed by atoms with E-state index in [1.54, 1.807) is 25.4 Å². The molecule has 3 N–H and O–H groups in total. The monoisotopic (exact) mass is 1090 g/mol. The third-order valence-electron chi connectivity index (χ3n) is 15.5. The van der Waals surface area contributed by atoms with Gasteiger partial charge in [-0.3, -0.25) is 39.0 Å². The first-order valence-corrected chi connectivity index (χ1v) is 28.9. The number of hydrogen-bond acceptors (Lipinski definition) is 14. The molecule has 4 saturated heterocycles. The highest BCUT2D eigenvalue weighted by molar-refractivity contribution is 9.10. The van der Waals surface area contributed by atoms with Gasteiger partial charge in [0.25, 0.3) is 11.8 Å². The number of aromatic nitrogens is 4. The normalized spacial score (nSPS) is 19.8. The van der Waals surface area contributed by atoms with Crippen LogP contribution in [0, 0.1) is 5.92 Å². The molecule has 6 aromatic rings. The molecule has 75 heavy (non-hydrogen) atoms. The first-order valence-electron chi connectivity index (χ1n) is 25.8. The van der Waals surface area contributed by atoms with Gasteiger partial charge >= 0.3 is 0 Å². The Labute approximate surface area is 446 Å². The number of halogens is 1. The molecular formula is C56H62BrN12O5P. The molecule has 7 heterocycles. The number of piperazine rings is 1. The molecule has 2 unspecified atom stereocenters. The summed E-state index contributed by atoms with van der Waals surface area (Å²) in [4.78, 5) is 71.8. The SMILES string of the molecule is COc1cc(N2CCC(N3CCN(CC4CCN(c5ccc6c(c5)C(=O)N(C5CCC(=O)NC5=O)C6=O)C4)CC3)CC2)c(-c2cnn(C)c2)cc1Nc1ncc(Br)c(Nc2ccc(-c3ccccc3)cc2P(C)C)n1. The van der Waals surface area contributed by atoms with E-state index < -0.39 is 31.7 Å². The van der Waals surface area contributed by atoms with E-state index >= 15 is 0 Å². The van der Waals surface area contributed by atoms with Gasteiger partial charge in [-0.15, -0.1) is 0 Å². The maximum Gasteiger partial charge on any atom is 0.262 e. The molecular weight excluding hydrogens is 1030 g/mol. The van der Waals surface area contributed by atoms with E-state index in [-0.39, 0.29) is 18.7 Å². The topological polar surface area (TPSA) is 173 Å². The van der Waals surface area contributed by atoms with Crippen molar-refractivity contribution < 1.29 is 23.9 Å². The van der Waals surface area contributed by atoms with Crippen molar-refractivity contribution in [1.82, 2.24) is 39.8 Å². The van der Waals surface area contributed by atoms with E-state index in [0.29, 0.717) is 40.6 Å². The summed E-state index contributed by atoms with van der Waals surface area (Å²) in [7, 11) is 3.21. The molecule has 2 atom stereocenters. The van der Waals surface area contributed by atoms with E-state index in [1.807, 2.05) is 30.1 Å². The quantitative estimate of drug-likeness (QED) is 0.0716. The van der Waals surface area contributed by atoms with Crippen LogP contribution in [0.2, 0.25) is 0 Å². The zero-order chi connectivity index (χ0) is 51.9. The van der Waals surface area contributed by atoms with Gasteiger partial charge in [0.15, 0.2) is 0 Å². The second-order valence-corrected chi connectivity index (χ2v) is 23.6. The molecule has 388 valence electrons. The summed E-state index contributed by atoms with van der Waals surface area (Å²) in [6.45, 7) is 13.3. The smallest absolute Gasteiger partial charge is 0.262 e. The number of amides is 4. The Morgan fingerprint density at radius 1 is 0.760 bits per heavy atom. The van der Waals surface area contributed by atoms with Crippen LogP contribution in [0.15, 0.2) is 102 Å². The Morgan fingerprint density at radius 2 is 1.53 bits per heavy atom. The molecule has 4 fully saturated rings. The number of nitrogens with zero attached hydrogens (tertiary/aromatic N) is 9. The predicted octanol–water partition coefficient (Wildman–Crippen LogP) is 7.68. The summed E-state index contributed by atoms with van der Waals surface area (Å²) < 4.78 is 8.68. The number of hydrogen-bond donors (Lipinski definition) is 3. The van der Waals surface area contributed by atoms with Crippen LogP contribution in [0.25, 0.3) is 22.3 Å². The van der Waals surface area contributed by atoms with Crippen molar-refractivity contribution in [2.75, 3.05) is 99.8 Å². The number of nitrogens with one attached hydrogen (secondary N) is 3. The Bertz CT molecular complexity index is 3160. The number of imide groups is 2. The average Bonchev–Trinajstić information content (AvgIpc) is 4.15. The van der Waals surface area contributed by atoms with E-state index in [9.17, 15) is 19.2 Å². The van der Waals surface area contributed by atoms with Crippen LogP contribution in [0.4, 0.5) is 34.5 Å². The first kappa shape index (κ1) is 50.4. The van der Waals surface area contributed by atoms with Crippen LogP contribution < -0.4 is 35.8 Å². The molecule has 0 aliphatic carbocycles. The molecule has 2 aromatic heterocycles. The Kier molecular flexibility index (Phi) is 14.5. The molecule has 17 nitrogen and oxygen atoms in total.